The van der Waals surface area contributed by atoms with Crippen molar-refractivity contribution < 1.29 is 4.42 Å². The van der Waals surface area contributed by atoms with Crippen molar-refractivity contribution in [3.8, 4) is 11.6 Å². The molecule has 0 saturated heterocycles. The van der Waals surface area contributed by atoms with Crippen molar-refractivity contribution >= 4 is 16.7 Å². The van der Waals surface area contributed by atoms with Crippen LogP contribution in [0.3, 0.4) is 0 Å². The number of aryl methyl sites for hydroxylation is 3. The molecule has 140 valence electrons. The largest absolute Gasteiger partial charge is 0.443 e. The second kappa shape index (κ2) is 6.49. The van der Waals surface area contributed by atoms with Gasteiger partial charge in [-0.15, -0.1) is 0 Å². The first-order valence-corrected chi connectivity index (χ1v) is 8.81. The van der Waals surface area contributed by atoms with Gasteiger partial charge < -0.3 is 9.73 Å². The number of rotatable bonds is 5. The number of aromatic nitrogens is 7. The zero-order chi connectivity index (χ0) is 19.1. The molecule has 4 heterocycles. The molecule has 0 unspecified atom stereocenters. The lowest BCUT2D eigenvalue weighted by molar-refractivity contribution is 0.571. The van der Waals surface area contributed by atoms with Crippen molar-refractivity contribution in [2.24, 2.45) is 14.1 Å². The minimum absolute atomic E-state index is 0.263. The lowest BCUT2D eigenvalue weighted by Gasteiger charge is -2.10. The van der Waals surface area contributed by atoms with Crippen LogP contribution in [-0.2, 0) is 20.6 Å². The van der Waals surface area contributed by atoms with Crippen LogP contribution in [-0.4, -0.2) is 34.5 Å². The van der Waals surface area contributed by atoms with Gasteiger partial charge in [0.25, 0.3) is 0 Å². The predicted molar refractivity (Wildman–Crippen MR) is 101 cm³/mol. The van der Waals surface area contributed by atoms with Gasteiger partial charge in [-0.25, -0.2) is 15.0 Å². The van der Waals surface area contributed by atoms with Crippen molar-refractivity contribution in [3.05, 3.63) is 35.9 Å². The highest BCUT2D eigenvalue weighted by molar-refractivity contribution is 5.94. The number of anilines is 1. The Morgan fingerprint density at radius 1 is 1.19 bits per heavy atom. The van der Waals surface area contributed by atoms with Gasteiger partial charge in [0.1, 0.15) is 18.3 Å². The van der Waals surface area contributed by atoms with E-state index < -0.39 is 0 Å². The Morgan fingerprint density at radius 2 is 2.00 bits per heavy atom. The van der Waals surface area contributed by atoms with Crippen LogP contribution in [0.25, 0.3) is 22.6 Å². The molecule has 0 aliphatic rings. The van der Waals surface area contributed by atoms with Gasteiger partial charge in [-0.1, -0.05) is 13.8 Å². The van der Waals surface area contributed by atoms with Crippen molar-refractivity contribution in [2.75, 3.05) is 5.32 Å². The lowest BCUT2D eigenvalue weighted by atomic mass is 10.1. The summed E-state index contributed by atoms with van der Waals surface area (Å²) in [5.74, 6) is 1.46. The summed E-state index contributed by atoms with van der Waals surface area (Å²) in [5, 5.41) is 13.4. The predicted octanol–water partition coefficient (Wildman–Crippen LogP) is 2.80. The average molecular weight is 366 g/mol. The molecule has 4 rings (SSSR count). The molecular weight excluding hydrogens is 344 g/mol. The Bertz CT molecular complexity index is 1100. The zero-order valence-corrected chi connectivity index (χ0v) is 16.1. The molecule has 0 aromatic carbocycles. The Balaban J connectivity index is 1.84. The fourth-order valence-electron chi connectivity index (χ4n) is 3.04. The third-order valence-corrected chi connectivity index (χ3v) is 4.29. The molecule has 0 bridgehead atoms. The van der Waals surface area contributed by atoms with Crippen LogP contribution in [0.1, 0.15) is 37.0 Å². The Hall–Kier alpha value is -3.23. The molecule has 0 aliphatic carbocycles. The Labute approximate surface area is 156 Å². The van der Waals surface area contributed by atoms with E-state index in [1.807, 2.05) is 27.1 Å². The second-order valence-electron chi connectivity index (χ2n) is 6.90. The molecule has 0 atom stereocenters. The SMILES string of the molecule is Cc1coc(-c2cc(NCc3ncn(C)n3)c3c(C(C)C)nn(C)c3n2)n1. The molecule has 0 spiro atoms. The van der Waals surface area contributed by atoms with E-state index in [0.29, 0.717) is 24.0 Å². The molecule has 1 N–H and O–H groups in total. The molecule has 0 fully saturated rings. The lowest BCUT2D eigenvalue weighted by Crippen LogP contribution is -2.04. The van der Waals surface area contributed by atoms with E-state index in [9.17, 15) is 0 Å². The average Bonchev–Trinajstić information content (AvgIpc) is 3.32. The number of pyridine rings is 1. The van der Waals surface area contributed by atoms with E-state index >= 15 is 0 Å². The van der Waals surface area contributed by atoms with Crippen molar-refractivity contribution in [1.29, 1.82) is 0 Å². The summed E-state index contributed by atoms with van der Waals surface area (Å²) >= 11 is 0. The summed E-state index contributed by atoms with van der Waals surface area (Å²) in [6, 6.07) is 1.95. The van der Waals surface area contributed by atoms with E-state index in [1.54, 1.807) is 22.0 Å². The molecule has 4 aromatic rings. The summed E-state index contributed by atoms with van der Waals surface area (Å²) in [5.41, 5.74) is 4.16. The third kappa shape index (κ3) is 3.16. The van der Waals surface area contributed by atoms with E-state index in [-0.39, 0.29) is 5.92 Å². The molecule has 0 radical (unpaired) electrons. The van der Waals surface area contributed by atoms with Crippen LogP contribution in [0.15, 0.2) is 23.1 Å². The smallest absolute Gasteiger partial charge is 0.245 e. The van der Waals surface area contributed by atoms with E-state index in [4.69, 9.17) is 9.40 Å². The van der Waals surface area contributed by atoms with Crippen LogP contribution in [0.2, 0.25) is 0 Å². The van der Waals surface area contributed by atoms with Crippen molar-refractivity contribution in [2.45, 2.75) is 33.2 Å². The highest BCUT2D eigenvalue weighted by Crippen LogP contribution is 2.33. The maximum atomic E-state index is 5.56. The maximum Gasteiger partial charge on any atom is 0.245 e. The molecule has 0 saturated carbocycles. The number of oxazole rings is 1. The number of fused-ring (bicyclic) bond motifs is 1. The van der Waals surface area contributed by atoms with Crippen LogP contribution >= 0.6 is 0 Å². The van der Waals surface area contributed by atoms with Crippen LogP contribution < -0.4 is 5.32 Å². The summed E-state index contributed by atoms with van der Waals surface area (Å²) < 4.78 is 9.04. The third-order valence-electron chi connectivity index (χ3n) is 4.29. The second-order valence-corrected chi connectivity index (χ2v) is 6.90. The van der Waals surface area contributed by atoms with Gasteiger partial charge in [-0.3, -0.25) is 9.36 Å². The first-order chi connectivity index (χ1) is 12.9. The summed E-state index contributed by atoms with van der Waals surface area (Å²) in [4.78, 5) is 13.4. The topological polar surface area (TPSA) is 99.5 Å². The van der Waals surface area contributed by atoms with Gasteiger partial charge >= 0.3 is 0 Å². The minimum atomic E-state index is 0.263. The van der Waals surface area contributed by atoms with Gasteiger partial charge in [0.05, 0.1) is 23.3 Å². The number of nitrogens with one attached hydrogen (secondary N) is 1. The maximum absolute atomic E-state index is 5.56. The number of hydrogen-bond donors (Lipinski definition) is 1. The van der Waals surface area contributed by atoms with E-state index in [0.717, 1.165) is 28.1 Å². The summed E-state index contributed by atoms with van der Waals surface area (Å²) in [6.45, 7) is 6.63. The van der Waals surface area contributed by atoms with E-state index in [1.165, 1.54) is 0 Å². The highest BCUT2D eigenvalue weighted by atomic mass is 16.3. The van der Waals surface area contributed by atoms with Crippen LogP contribution in [0.5, 0.6) is 0 Å². The Kier molecular flexibility index (Phi) is 4.14. The molecule has 9 heteroatoms. The summed E-state index contributed by atoms with van der Waals surface area (Å²) in [6.07, 6.45) is 3.30. The fourth-order valence-corrected chi connectivity index (χ4v) is 3.04. The molecule has 0 aliphatic heterocycles. The van der Waals surface area contributed by atoms with Crippen molar-refractivity contribution in [3.63, 3.8) is 0 Å². The number of nitrogens with zero attached hydrogens (tertiary/aromatic N) is 7. The highest BCUT2D eigenvalue weighted by Gasteiger charge is 2.20. The van der Waals surface area contributed by atoms with Gasteiger partial charge in [-0.05, 0) is 18.9 Å². The molecule has 27 heavy (non-hydrogen) atoms. The molecule has 0 amide bonds. The quantitative estimate of drug-likeness (QED) is 0.580. The molecular formula is C18H22N8O. The van der Waals surface area contributed by atoms with Crippen molar-refractivity contribution in [1.82, 2.24) is 34.5 Å². The fraction of sp³-hybridized carbons (Fsp3) is 0.389. The normalized spacial score (nSPS) is 11.6. The standard InChI is InChI=1S/C18H22N8O/c1-10(2)16-15-12(19-7-14-20-9-25(4)23-14)6-13(18-21-11(3)8-27-18)22-17(15)26(5)24-16/h6,8-10H,7H2,1-5H3,(H,19,22). The van der Waals surface area contributed by atoms with E-state index in [2.05, 4.69) is 39.3 Å². The minimum Gasteiger partial charge on any atom is -0.443 e. The summed E-state index contributed by atoms with van der Waals surface area (Å²) in [7, 11) is 3.75. The molecule has 9 nitrogen and oxygen atoms in total. The van der Waals surface area contributed by atoms with Gasteiger partial charge in [-0.2, -0.15) is 10.2 Å². The van der Waals surface area contributed by atoms with Crippen LogP contribution in [0.4, 0.5) is 5.69 Å². The first-order valence-electron chi connectivity index (χ1n) is 8.81. The van der Waals surface area contributed by atoms with Crippen LogP contribution in [0, 0.1) is 6.92 Å². The first kappa shape index (κ1) is 17.2. The Morgan fingerprint density at radius 3 is 2.63 bits per heavy atom. The monoisotopic (exact) mass is 366 g/mol. The van der Waals surface area contributed by atoms with Gasteiger partial charge in [0, 0.05) is 19.8 Å². The zero-order valence-electron chi connectivity index (χ0n) is 16.1. The van der Waals surface area contributed by atoms with Gasteiger partial charge in [0.15, 0.2) is 11.5 Å². The van der Waals surface area contributed by atoms with Gasteiger partial charge in [0.2, 0.25) is 5.89 Å². The number of hydrogen-bond acceptors (Lipinski definition) is 7. The molecule has 4 aromatic heterocycles.